The average Bonchev–Trinajstić information content (AvgIpc) is 1.63. The Hall–Kier alpha value is -0.770. The molecule has 4 nitrogen and oxygen atoms in total. The molecule has 0 aliphatic carbocycles. The van der Waals surface area contributed by atoms with Gasteiger partial charge >= 0.3 is 6.09 Å². The molecule has 0 saturated carbocycles. The molecule has 0 aliphatic heterocycles. The number of ether oxygens (including phenoxy) is 2. The monoisotopic (exact) mass is 133 g/mol. The van der Waals surface area contributed by atoms with Crippen LogP contribution in [0.3, 0.4) is 0 Å². The van der Waals surface area contributed by atoms with Gasteiger partial charge in [0.25, 0.3) is 0 Å². The number of carbonyl (C=O) groups excluding carboxylic acids is 1. The van der Waals surface area contributed by atoms with Gasteiger partial charge in [0.2, 0.25) is 0 Å². The van der Waals surface area contributed by atoms with E-state index >= 15 is 0 Å². The fraction of sp³-hybridized carbons (Fsp3) is 0.800. The van der Waals surface area contributed by atoms with Gasteiger partial charge in [0.05, 0.1) is 6.61 Å². The lowest BCUT2D eigenvalue weighted by Crippen LogP contribution is -2.23. The van der Waals surface area contributed by atoms with Crippen LogP contribution >= 0.6 is 0 Å². The molecule has 0 aliphatic rings. The lowest BCUT2D eigenvalue weighted by molar-refractivity contribution is 0.0540. The molecule has 9 heavy (non-hydrogen) atoms. The van der Waals surface area contributed by atoms with Gasteiger partial charge in [-0.2, -0.15) is 0 Å². The Labute approximate surface area is 53.9 Å². The van der Waals surface area contributed by atoms with Crippen molar-refractivity contribution in [3.05, 3.63) is 0 Å². The topological polar surface area (TPSA) is 61.6 Å². The summed E-state index contributed by atoms with van der Waals surface area (Å²) in [5, 5.41) is 0. The molecule has 0 aromatic heterocycles. The molecule has 0 fully saturated rings. The first-order chi connectivity index (χ1) is 4.16. The second-order valence-electron chi connectivity index (χ2n) is 1.70. The van der Waals surface area contributed by atoms with Crippen LogP contribution in [0.25, 0.3) is 0 Å². The van der Waals surface area contributed by atoms with Crippen LogP contribution in [0.5, 0.6) is 0 Å². The van der Waals surface area contributed by atoms with Crippen molar-refractivity contribution in [1.29, 1.82) is 0 Å². The Morgan fingerprint density at radius 2 is 2.33 bits per heavy atom. The molecule has 0 rings (SSSR count). The van der Waals surface area contributed by atoms with Gasteiger partial charge in [-0.05, 0) is 6.92 Å². The molecule has 0 heterocycles. The summed E-state index contributed by atoms with van der Waals surface area (Å²) in [6, 6.07) is 0. The van der Waals surface area contributed by atoms with Crippen LogP contribution in [-0.4, -0.2) is 25.9 Å². The maximum atomic E-state index is 10.0. The largest absolute Gasteiger partial charge is 0.444 e. The summed E-state index contributed by atoms with van der Waals surface area (Å²) in [5.74, 6) is 0. The number of methoxy groups -OCH3 is 1. The number of hydrogen-bond donors (Lipinski definition) is 1. The summed E-state index contributed by atoms with van der Waals surface area (Å²) in [6.07, 6.45) is -1.02. The highest BCUT2D eigenvalue weighted by Gasteiger charge is 2.02. The quantitative estimate of drug-likeness (QED) is 0.594. The van der Waals surface area contributed by atoms with Crippen molar-refractivity contribution in [3.8, 4) is 0 Å². The summed E-state index contributed by atoms with van der Waals surface area (Å²) in [6.45, 7) is 2.08. The first kappa shape index (κ1) is 8.23. The maximum Gasteiger partial charge on any atom is 0.404 e. The van der Waals surface area contributed by atoms with Crippen LogP contribution < -0.4 is 5.73 Å². The Morgan fingerprint density at radius 1 is 1.78 bits per heavy atom. The van der Waals surface area contributed by atoms with Crippen molar-refractivity contribution in [2.24, 2.45) is 5.73 Å². The molecule has 0 unspecified atom stereocenters. The molecule has 0 aromatic carbocycles. The van der Waals surface area contributed by atoms with E-state index in [1.807, 2.05) is 0 Å². The van der Waals surface area contributed by atoms with Gasteiger partial charge in [0.1, 0.15) is 6.10 Å². The minimum absolute atomic E-state index is 0.257. The zero-order valence-electron chi connectivity index (χ0n) is 5.59. The van der Waals surface area contributed by atoms with E-state index in [0.717, 1.165) is 0 Å². The SMILES string of the molecule is COC[C@H](C)OC(N)=O. The number of hydrogen-bond acceptors (Lipinski definition) is 3. The van der Waals surface area contributed by atoms with Crippen molar-refractivity contribution >= 4 is 6.09 Å². The zero-order chi connectivity index (χ0) is 7.28. The van der Waals surface area contributed by atoms with Crippen molar-refractivity contribution in [2.75, 3.05) is 13.7 Å². The zero-order valence-corrected chi connectivity index (χ0v) is 5.59. The second kappa shape index (κ2) is 4.14. The standard InChI is InChI=1S/C5H11NO3/c1-4(3-8-2)9-5(6)7/h4H,3H2,1-2H3,(H2,6,7)/t4-/m0/s1. The average molecular weight is 133 g/mol. The van der Waals surface area contributed by atoms with Gasteiger partial charge in [-0.25, -0.2) is 4.79 Å². The summed E-state index contributed by atoms with van der Waals surface area (Å²) >= 11 is 0. The molecule has 1 atom stereocenters. The number of primary amides is 1. The van der Waals surface area contributed by atoms with Crippen molar-refractivity contribution in [3.63, 3.8) is 0 Å². The van der Waals surface area contributed by atoms with Crippen LogP contribution in [0.2, 0.25) is 0 Å². The molecule has 54 valence electrons. The van der Waals surface area contributed by atoms with Crippen molar-refractivity contribution < 1.29 is 14.3 Å². The molecule has 2 N–H and O–H groups in total. The van der Waals surface area contributed by atoms with E-state index in [1.54, 1.807) is 6.92 Å². The van der Waals surface area contributed by atoms with Gasteiger partial charge in [-0.1, -0.05) is 0 Å². The Bertz CT molecular complexity index is 94.2. The minimum Gasteiger partial charge on any atom is -0.444 e. The highest BCUT2D eigenvalue weighted by atomic mass is 16.6. The number of amides is 1. The second-order valence-corrected chi connectivity index (χ2v) is 1.70. The molecule has 0 spiro atoms. The van der Waals surface area contributed by atoms with E-state index in [2.05, 4.69) is 9.47 Å². The smallest absolute Gasteiger partial charge is 0.404 e. The molecule has 0 saturated heterocycles. The summed E-state index contributed by atoms with van der Waals surface area (Å²) in [5.41, 5.74) is 4.71. The molecule has 0 aromatic rings. The van der Waals surface area contributed by atoms with Gasteiger partial charge in [0.15, 0.2) is 0 Å². The summed E-state index contributed by atoms with van der Waals surface area (Å²) < 4.78 is 9.18. The van der Waals surface area contributed by atoms with Gasteiger partial charge in [-0.15, -0.1) is 0 Å². The first-order valence-electron chi connectivity index (χ1n) is 2.62. The van der Waals surface area contributed by atoms with Crippen LogP contribution in [0.4, 0.5) is 4.79 Å². The minimum atomic E-state index is -0.764. The van der Waals surface area contributed by atoms with Crippen LogP contribution in [0, 0.1) is 0 Å². The van der Waals surface area contributed by atoms with Gasteiger partial charge < -0.3 is 15.2 Å². The third-order valence-electron chi connectivity index (χ3n) is 0.719. The van der Waals surface area contributed by atoms with Gasteiger partial charge in [0, 0.05) is 7.11 Å². The van der Waals surface area contributed by atoms with Crippen LogP contribution in [0.1, 0.15) is 6.92 Å². The predicted molar refractivity (Wildman–Crippen MR) is 32.0 cm³/mol. The summed E-state index contributed by atoms with van der Waals surface area (Å²) in [4.78, 5) is 10.0. The highest BCUT2D eigenvalue weighted by Crippen LogP contribution is 1.88. The Kier molecular flexibility index (Phi) is 3.79. The molecule has 0 radical (unpaired) electrons. The maximum absolute atomic E-state index is 10.0. The first-order valence-corrected chi connectivity index (χ1v) is 2.62. The van der Waals surface area contributed by atoms with Gasteiger partial charge in [-0.3, -0.25) is 0 Å². The molecular weight excluding hydrogens is 122 g/mol. The van der Waals surface area contributed by atoms with E-state index in [9.17, 15) is 4.79 Å². The van der Waals surface area contributed by atoms with Crippen LogP contribution in [0.15, 0.2) is 0 Å². The summed E-state index contributed by atoms with van der Waals surface area (Å²) in [7, 11) is 1.53. The highest BCUT2D eigenvalue weighted by molar-refractivity contribution is 5.64. The van der Waals surface area contributed by atoms with Crippen molar-refractivity contribution in [1.82, 2.24) is 0 Å². The molecular formula is C5H11NO3. The Morgan fingerprint density at radius 3 is 2.67 bits per heavy atom. The number of nitrogens with two attached hydrogens (primary N) is 1. The van der Waals surface area contributed by atoms with E-state index < -0.39 is 6.09 Å². The van der Waals surface area contributed by atoms with E-state index in [0.29, 0.717) is 6.61 Å². The van der Waals surface area contributed by atoms with E-state index in [-0.39, 0.29) is 6.10 Å². The van der Waals surface area contributed by atoms with E-state index in [4.69, 9.17) is 5.73 Å². The Balaban J connectivity index is 3.26. The fourth-order valence-corrected chi connectivity index (χ4v) is 0.467. The van der Waals surface area contributed by atoms with E-state index in [1.165, 1.54) is 7.11 Å². The lowest BCUT2D eigenvalue weighted by Gasteiger charge is -2.08. The predicted octanol–water partition coefficient (Wildman–Crippen LogP) is 0.117. The lowest BCUT2D eigenvalue weighted by atomic mass is 10.4. The fourth-order valence-electron chi connectivity index (χ4n) is 0.467. The third kappa shape index (κ3) is 5.10. The van der Waals surface area contributed by atoms with Crippen LogP contribution in [-0.2, 0) is 9.47 Å². The molecule has 1 amide bonds. The number of rotatable bonds is 3. The normalized spacial score (nSPS) is 12.7. The molecule has 4 heteroatoms. The molecule has 0 bridgehead atoms. The number of carbonyl (C=O) groups is 1. The third-order valence-corrected chi connectivity index (χ3v) is 0.719. The van der Waals surface area contributed by atoms with Crippen molar-refractivity contribution in [2.45, 2.75) is 13.0 Å².